The summed E-state index contributed by atoms with van der Waals surface area (Å²) in [6.45, 7) is 41.1. The molecule has 0 amide bonds. The van der Waals surface area contributed by atoms with Crippen molar-refractivity contribution in [2.45, 2.75) is 146 Å². The Hall–Kier alpha value is -6.52. The van der Waals surface area contributed by atoms with Crippen molar-refractivity contribution in [1.29, 1.82) is 0 Å². The van der Waals surface area contributed by atoms with Crippen LogP contribution in [0.1, 0.15) is 161 Å². The summed E-state index contributed by atoms with van der Waals surface area (Å²) < 4.78 is 0. The van der Waals surface area contributed by atoms with Gasteiger partial charge < -0.3 is 9.97 Å². The molecule has 0 radical (unpaired) electrons. The van der Waals surface area contributed by atoms with Crippen LogP contribution < -0.4 is 0 Å². The quantitative estimate of drug-likeness (QED) is 0.185. The van der Waals surface area contributed by atoms with Crippen LogP contribution in [0, 0.1) is 41.5 Å². The van der Waals surface area contributed by atoms with E-state index in [2.05, 4.69) is 244 Å². The fourth-order valence-corrected chi connectivity index (χ4v) is 10.8. The van der Waals surface area contributed by atoms with Crippen molar-refractivity contribution in [3.8, 4) is 44.5 Å². The van der Waals surface area contributed by atoms with E-state index in [-0.39, 0.29) is 21.7 Å². The zero-order chi connectivity index (χ0) is 50.6. The fraction of sp³-hybridized carbons (Fsp3) is 0.333. The molecule has 0 saturated carbocycles. The van der Waals surface area contributed by atoms with E-state index in [4.69, 9.17) is 9.97 Å². The molecule has 8 bridgehead atoms. The number of benzene rings is 4. The third-order valence-corrected chi connectivity index (χ3v) is 14.5. The van der Waals surface area contributed by atoms with Gasteiger partial charge in [-0.3, -0.25) is 0 Å². The minimum Gasteiger partial charge on any atom is -0.354 e. The van der Waals surface area contributed by atoms with Gasteiger partial charge in [-0.1, -0.05) is 155 Å². The van der Waals surface area contributed by atoms with Crippen LogP contribution in [0.3, 0.4) is 0 Å². The molecule has 2 N–H and O–H groups in total. The third kappa shape index (κ3) is 9.07. The first-order valence-electron chi connectivity index (χ1n) is 25.3. The highest BCUT2D eigenvalue weighted by Crippen LogP contribution is 2.44. The molecular formula is C66H74N4. The van der Waals surface area contributed by atoms with Gasteiger partial charge in [0.1, 0.15) is 0 Å². The smallest absolute Gasteiger partial charge is 0.0737 e. The first-order valence-corrected chi connectivity index (χ1v) is 25.3. The Bertz CT molecular complexity index is 3170. The maximum Gasteiger partial charge on any atom is 0.0737 e. The lowest BCUT2D eigenvalue weighted by Gasteiger charge is -2.26. The van der Waals surface area contributed by atoms with E-state index in [9.17, 15) is 0 Å². The Labute approximate surface area is 418 Å². The number of hydrogen-bond acceptors (Lipinski definition) is 2. The van der Waals surface area contributed by atoms with Crippen molar-refractivity contribution in [1.82, 2.24) is 19.9 Å². The summed E-state index contributed by atoms with van der Waals surface area (Å²) in [6.07, 6.45) is 8.94. The van der Waals surface area contributed by atoms with Crippen molar-refractivity contribution in [2.24, 2.45) is 0 Å². The van der Waals surface area contributed by atoms with Crippen LogP contribution in [0.5, 0.6) is 0 Å². The highest BCUT2D eigenvalue weighted by atomic mass is 14.8. The van der Waals surface area contributed by atoms with Gasteiger partial charge in [0.25, 0.3) is 0 Å². The van der Waals surface area contributed by atoms with Crippen molar-refractivity contribution in [2.75, 3.05) is 0 Å². The molecule has 7 aromatic rings. The molecule has 0 atom stereocenters. The van der Waals surface area contributed by atoms with Gasteiger partial charge in [0.05, 0.1) is 22.8 Å². The topological polar surface area (TPSA) is 57.4 Å². The summed E-state index contributed by atoms with van der Waals surface area (Å²) in [6, 6.07) is 32.7. The number of H-pyrrole nitrogens is 2. The van der Waals surface area contributed by atoms with Gasteiger partial charge in [-0.05, 0) is 179 Å². The summed E-state index contributed by atoms with van der Waals surface area (Å²) in [5, 5.41) is 0. The lowest BCUT2D eigenvalue weighted by Crippen LogP contribution is -2.16. The van der Waals surface area contributed by atoms with Gasteiger partial charge in [0, 0.05) is 44.3 Å². The van der Waals surface area contributed by atoms with E-state index in [1.807, 2.05) is 0 Å². The molecule has 2 aliphatic heterocycles. The molecule has 5 heterocycles. The van der Waals surface area contributed by atoms with Gasteiger partial charge in [0.15, 0.2) is 0 Å². The highest BCUT2D eigenvalue weighted by Gasteiger charge is 2.27. The molecular weight excluding hydrogens is 849 g/mol. The predicted octanol–water partition coefficient (Wildman–Crippen LogP) is 18.4. The molecule has 4 aromatic carbocycles. The molecule has 0 spiro atoms. The molecule has 4 heteroatoms. The second kappa shape index (κ2) is 17.1. The number of hydrogen-bond donors (Lipinski definition) is 2. The summed E-state index contributed by atoms with van der Waals surface area (Å²) in [4.78, 5) is 19.6. The molecule has 3 aromatic heterocycles. The minimum absolute atomic E-state index is 0.0754. The van der Waals surface area contributed by atoms with Gasteiger partial charge in [-0.2, -0.15) is 0 Å². The van der Waals surface area contributed by atoms with Crippen LogP contribution in [0.25, 0.3) is 90.9 Å². The number of rotatable bonds is 4. The van der Waals surface area contributed by atoms with Gasteiger partial charge in [-0.15, -0.1) is 0 Å². The van der Waals surface area contributed by atoms with Gasteiger partial charge in [-0.25, -0.2) is 9.97 Å². The number of nitrogens with one attached hydrogen (secondary N) is 2. The Morgan fingerprint density at radius 3 is 0.800 bits per heavy atom. The van der Waals surface area contributed by atoms with Crippen LogP contribution >= 0.6 is 0 Å². The van der Waals surface area contributed by atoms with E-state index in [0.717, 1.165) is 78.2 Å². The number of aromatic amines is 2. The normalized spacial score (nSPS) is 13.2. The molecule has 4 nitrogen and oxygen atoms in total. The molecule has 0 saturated heterocycles. The third-order valence-electron chi connectivity index (χ3n) is 14.5. The van der Waals surface area contributed by atoms with Crippen molar-refractivity contribution in [3.63, 3.8) is 0 Å². The van der Waals surface area contributed by atoms with Crippen molar-refractivity contribution in [3.05, 3.63) is 163 Å². The first kappa shape index (κ1) is 48.5. The summed E-state index contributed by atoms with van der Waals surface area (Å²) >= 11 is 0. The lowest BCUT2D eigenvalue weighted by atomic mass is 9.78. The van der Waals surface area contributed by atoms with Gasteiger partial charge in [0.2, 0.25) is 0 Å². The maximum atomic E-state index is 5.75. The Morgan fingerprint density at radius 1 is 0.300 bits per heavy atom. The van der Waals surface area contributed by atoms with Crippen LogP contribution in [0.15, 0.2) is 84.9 Å². The second-order valence-corrected chi connectivity index (χ2v) is 24.6. The highest BCUT2D eigenvalue weighted by molar-refractivity contribution is 6.01. The van der Waals surface area contributed by atoms with E-state index in [0.29, 0.717) is 0 Å². The average Bonchev–Trinajstić information content (AvgIpc) is 4.09. The molecule has 9 rings (SSSR count). The Morgan fingerprint density at radius 2 is 0.543 bits per heavy atom. The number of aryl methyl sites for hydroxylation is 6. The number of aromatic nitrogens is 4. The van der Waals surface area contributed by atoms with E-state index in [1.54, 1.807) is 0 Å². The minimum atomic E-state index is -0.0754. The summed E-state index contributed by atoms with van der Waals surface area (Å²) in [5.41, 5.74) is 29.0. The Kier molecular flexibility index (Phi) is 11.9. The van der Waals surface area contributed by atoms with Crippen molar-refractivity contribution < 1.29 is 0 Å². The fourth-order valence-electron chi connectivity index (χ4n) is 10.8. The van der Waals surface area contributed by atoms with Gasteiger partial charge >= 0.3 is 0 Å². The lowest BCUT2D eigenvalue weighted by molar-refractivity contribution is 0.568. The SMILES string of the molecule is Cc1cc(C)c(-c2c3nc(c(-c4cc(C(C)(C)C)cc(C(C)(C)C)c4)c4ccc([nH]4)c(-c4c(C)cc(C)cc4C)c4nc(c(-c5cc(C(C)(C)C)cc(C(C)(C)C)c5)c5ccc2[nH]5)C=C4)C=C3)c(C)c1. The monoisotopic (exact) mass is 923 g/mol. The molecule has 0 fully saturated rings. The largest absolute Gasteiger partial charge is 0.354 e. The molecule has 70 heavy (non-hydrogen) atoms. The molecule has 2 aliphatic rings. The molecule has 0 unspecified atom stereocenters. The second-order valence-electron chi connectivity index (χ2n) is 24.6. The summed E-state index contributed by atoms with van der Waals surface area (Å²) in [7, 11) is 0. The standard InChI is InChI=1S/C66H74N4/c1-37-27-39(3)57(40(4)28-37)61-53-23-19-49(67-53)59(43-31-45(63(7,8)9)35-46(32-43)64(10,11)12)51-21-25-55(69-51)62(58-41(5)29-38(2)30-42(58)6)56-26-22-52(70-56)60(50-20-24-54(61)68-50)44-33-47(65(13,14)15)36-48(34-44)66(16,17)18/h19-36,67,70H,1-18H3. The van der Waals surface area contributed by atoms with E-state index < -0.39 is 0 Å². The average molecular weight is 923 g/mol. The Balaban J connectivity index is 1.54. The summed E-state index contributed by atoms with van der Waals surface area (Å²) in [5.74, 6) is 0. The predicted molar refractivity (Wildman–Crippen MR) is 304 cm³/mol. The van der Waals surface area contributed by atoms with E-state index >= 15 is 0 Å². The molecule has 0 aliphatic carbocycles. The zero-order valence-corrected chi connectivity index (χ0v) is 45.3. The zero-order valence-electron chi connectivity index (χ0n) is 45.3. The number of fused-ring (bicyclic) bond motifs is 8. The van der Waals surface area contributed by atoms with Crippen LogP contribution in [0.4, 0.5) is 0 Å². The number of nitrogens with zero attached hydrogens (tertiary/aromatic N) is 2. The van der Waals surface area contributed by atoms with Crippen LogP contribution in [0.2, 0.25) is 0 Å². The first-order chi connectivity index (χ1) is 32.6. The molecule has 358 valence electrons. The van der Waals surface area contributed by atoms with Crippen molar-refractivity contribution >= 4 is 46.4 Å². The van der Waals surface area contributed by atoms with Crippen LogP contribution in [-0.2, 0) is 21.7 Å². The maximum absolute atomic E-state index is 5.75. The van der Waals surface area contributed by atoms with Crippen LogP contribution in [-0.4, -0.2) is 19.9 Å². The van der Waals surface area contributed by atoms with E-state index in [1.165, 1.54) is 66.8 Å².